The molecule has 0 saturated carbocycles. The Kier molecular flexibility index (Phi) is 4.70. The quantitative estimate of drug-likeness (QED) is 0.738. The van der Waals surface area contributed by atoms with Crippen molar-refractivity contribution < 1.29 is 0 Å². The fourth-order valence-corrected chi connectivity index (χ4v) is 1.33. The Hall–Kier alpha value is -0.800. The molecule has 0 aliphatic carbocycles. The summed E-state index contributed by atoms with van der Waals surface area (Å²) in [7, 11) is 0. The average Bonchev–Trinajstić information content (AvgIpc) is 2.15. The Labute approximate surface area is 89.7 Å². The summed E-state index contributed by atoms with van der Waals surface area (Å²) in [6.45, 7) is 2.87. The van der Waals surface area contributed by atoms with E-state index in [0.29, 0.717) is 5.02 Å². The molecule has 1 atom stereocenters. The highest BCUT2D eigenvalue weighted by Crippen LogP contribution is 2.17. The van der Waals surface area contributed by atoms with Crippen LogP contribution in [-0.2, 0) is 0 Å². The summed E-state index contributed by atoms with van der Waals surface area (Å²) in [6.07, 6.45) is 3.77. The summed E-state index contributed by atoms with van der Waals surface area (Å²) >= 11 is 5.92. The second-order valence-corrected chi connectivity index (χ2v) is 3.79. The predicted octanol–water partition coefficient (Wildman–Crippen LogP) is 2.27. The van der Waals surface area contributed by atoms with Gasteiger partial charge in [0.1, 0.15) is 5.82 Å². The lowest BCUT2D eigenvalue weighted by molar-refractivity contribution is 0.639. The molecule has 0 aromatic carbocycles. The van der Waals surface area contributed by atoms with Gasteiger partial charge in [0, 0.05) is 18.8 Å². The van der Waals surface area contributed by atoms with Gasteiger partial charge in [-0.25, -0.2) is 4.98 Å². The molecule has 0 bridgehead atoms. The van der Waals surface area contributed by atoms with Crippen LogP contribution in [0, 0.1) is 0 Å². The van der Waals surface area contributed by atoms with Crippen molar-refractivity contribution in [2.75, 3.05) is 11.9 Å². The van der Waals surface area contributed by atoms with Gasteiger partial charge in [0.2, 0.25) is 0 Å². The third kappa shape index (κ3) is 3.94. The molecule has 0 spiro atoms. The van der Waals surface area contributed by atoms with Gasteiger partial charge in [-0.1, -0.05) is 11.6 Å². The molecule has 0 amide bonds. The van der Waals surface area contributed by atoms with Crippen LogP contribution in [0.25, 0.3) is 0 Å². The van der Waals surface area contributed by atoms with E-state index in [2.05, 4.69) is 10.3 Å². The molecule has 1 unspecified atom stereocenters. The zero-order valence-corrected chi connectivity index (χ0v) is 9.09. The molecule has 0 fully saturated rings. The summed E-state index contributed by atoms with van der Waals surface area (Å²) in [5, 5.41) is 3.83. The fourth-order valence-electron chi connectivity index (χ4n) is 1.15. The first kappa shape index (κ1) is 11.3. The molecule has 0 radical (unpaired) electrons. The first-order chi connectivity index (χ1) is 6.70. The van der Waals surface area contributed by atoms with E-state index in [-0.39, 0.29) is 6.04 Å². The first-order valence-corrected chi connectivity index (χ1v) is 5.18. The summed E-state index contributed by atoms with van der Waals surface area (Å²) in [4.78, 5) is 4.12. The summed E-state index contributed by atoms with van der Waals surface area (Å²) < 4.78 is 0. The molecule has 0 saturated heterocycles. The van der Waals surface area contributed by atoms with Gasteiger partial charge in [-0.2, -0.15) is 0 Å². The lowest BCUT2D eigenvalue weighted by atomic mass is 10.2. The van der Waals surface area contributed by atoms with Gasteiger partial charge in [-0.15, -0.1) is 0 Å². The van der Waals surface area contributed by atoms with E-state index >= 15 is 0 Å². The van der Waals surface area contributed by atoms with Gasteiger partial charge in [-0.3, -0.25) is 0 Å². The first-order valence-electron chi connectivity index (χ1n) is 4.80. The minimum absolute atomic E-state index is 0.260. The Balaban J connectivity index is 2.28. The molecule has 1 heterocycles. The van der Waals surface area contributed by atoms with Crippen molar-refractivity contribution in [2.45, 2.75) is 25.8 Å². The van der Waals surface area contributed by atoms with Crippen LogP contribution in [0.5, 0.6) is 0 Å². The molecule has 78 valence electrons. The van der Waals surface area contributed by atoms with Crippen LogP contribution < -0.4 is 11.1 Å². The van der Waals surface area contributed by atoms with Crippen LogP contribution in [-0.4, -0.2) is 17.6 Å². The number of nitrogens with two attached hydrogens (primary N) is 1. The summed E-state index contributed by atoms with van der Waals surface area (Å²) in [5.41, 5.74) is 5.63. The number of halogens is 1. The van der Waals surface area contributed by atoms with Crippen LogP contribution in [0.2, 0.25) is 5.02 Å². The van der Waals surface area contributed by atoms with Gasteiger partial charge in [0.25, 0.3) is 0 Å². The number of rotatable bonds is 5. The number of pyridine rings is 1. The minimum Gasteiger partial charge on any atom is -0.369 e. The topological polar surface area (TPSA) is 50.9 Å². The van der Waals surface area contributed by atoms with Crippen LogP contribution >= 0.6 is 11.6 Å². The minimum atomic E-state index is 0.260. The lowest BCUT2D eigenvalue weighted by Crippen LogP contribution is -2.16. The van der Waals surface area contributed by atoms with Crippen LogP contribution in [0.3, 0.4) is 0 Å². The van der Waals surface area contributed by atoms with Gasteiger partial charge in [0.15, 0.2) is 0 Å². The van der Waals surface area contributed by atoms with Gasteiger partial charge < -0.3 is 11.1 Å². The van der Waals surface area contributed by atoms with Crippen molar-refractivity contribution in [1.82, 2.24) is 4.98 Å². The highest BCUT2D eigenvalue weighted by Gasteiger charge is 1.99. The van der Waals surface area contributed by atoms with Gasteiger partial charge in [-0.05, 0) is 31.9 Å². The molecule has 0 aliphatic rings. The smallest absolute Gasteiger partial charge is 0.144 e. The molecule has 1 rings (SSSR count). The van der Waals surface area contributed by atoms with E-state index in [1.807, 2.05) is 19.1 Å². The second-order valence-electron chi connectivity index (χ2n) is 3.38. The SMILES string of the molecule is CC(N)CCCNc1ncccc1Cl. The number of nitrogens with zero attached hydrogens (tertiary/aromatic N) is 1. The molecule has 3 nitrogen and oxygen atoms in total. The maximum absolute atomic E-state index is 5.92. The van der Waals surface area contributed by atoms with E-state index in [4.69, 9.17) is 17.3 Å². The normalized spacial score (nSPS) is 12.5. The molecule has 1 aromatic heterocycles. The molecule has 14 heavy (non-hydrogen) atoms. The standard InChI is InChI=1S/C10H16ClN3/c1-8(12)4-2-6-13-10-9(11)5-3-7-14-10/h3,5,7-8H,2,4,6,12H2,1H3,(H,13,14). The zero-order valence-electron chi connectivity index (χ0n) is 8.33. The van der Waals surface area contributed by atoms with Crippen LogP contribution in [0.4, 0.5) is 5.82 Å². The zero-order chi connectivity index (χ0) is 10.4. The van der Waals surface area contributed by atoms with E-state index in [9.17, 15) is 0 Å². The van der Waals surface area contributed by atoms with E-state index in [1.165, 1.54) is 0 Å². The highest BCUT2D eigenvalue weighted by atomic mass is 35.5. The Bertz CT molecular complexity index is 276. The number of hydrogen-bond donors (Lipinski definition) is 2. The van der Waals surface area contributed by atoms with Crippen molar-refractivity contribution in [2.24, 2.45) is 5.73 Å². The average molecular weight is 214 g/mol. The third-order valence-electron chi connectivity index (χ3n) is 1.89. The lowest BCUT2D eigenvalue weighted by Gasteiger charge is -2.07. The summed E-state index contributed by atoms with van der Waals surface area (Å²) in [6, 6.07) is 3.90. The number of aromatic nitrogens is 1. The molecule has 3 N–H and O–H groups in total. The third-order valence-corrected chi connectivity index (χ3v) is 2.19. The molecular formula is C10H16ClN3. The number of nitrogens with one attached hydrogen (secondary N) is 1. The number of hydrogen-bond acceptors (Lipinski definition) is 3. The molecule has 1 aromatic rings. The van der Waals surface area contributed by atoms with Crippen LogP contribution in [0.1, 0.15) is 19.8 Å². The van der Waals surface area contributed by atoms with Gasteiger partial charge in [0.05, 0.1) is 5.02 Å². The maximum Gasteiger partial charge on any atom is 0.144 e. The summed E-state index contributed by atoms with van der Waals surface area (Å²) in [5.74, 6) is 0.749. The van der Waals surface area contributed by atoms with Crippen molar-refractivity contribution in [3.63, 3.8) is 0 Å². The number of anilines is 1. The Morgan fingerprint density at radius 3 is 3.07 bits per heavy atom. The molecule has 4 heteroatoms. The molecular weight excluding hydrogens is 198 g/mol. The van der Waals surface area contributed by atoms with E-state index < -0.39 is 0 Å². The van der Waals surface area contributed by atoms with Crippen molar-refractivity contribution in [1.29, 1.82) is 0 Å². The predicted molar refractivity (Wildman–Crippen MR) is 60.6 cm³/mol. The Morgan fingerprint density at radius 1 is 1.64 bits per heavy atom. The highest BCUT2D eigenvalue weighted by molar-refractivity contribution is 6.32. The largest absolute Gasteiger partial charge is 0.369 e. The van der Waals surface area contributed by atoms with Crippen LogP contribution in [0.15, 0.2) is 18.3 Å². The van der Waals surface area contributed by atoms with E-state index in [1.54, 1.807) is 6.20 Å². The van der Waals surface area contributed by atoms with Crippen molar-refractivity contribution >= 4 is 17.4 Å². The van der Waals surface area contributed by atoms with Crippen molar-refractivity contribution in [3.05, 3.63) is 23.4 Å². The Morgan fingerprint density at radius 2 is 2.43 bits per heavy atom. The van der Waals surface area contributed by atoms with Crippen molar-refractivity contribution in [3.8, 4) is 0 Å². The van der Waals surface area contributed by atoms with E-state index in [0.717, 1.165) is 25.2 Å². The maximum atomic E-state index is 5.92. The molecule has 0 aliphatic heterocycles. The fraction of sp³-hybridized carbons (Fsp3) is 0.500. The second kappa shape index (κ2) is 5.83. The van der Waals surface area contributed by atoms with Gasteiger partial charge >= 0.3 is 0 Å². The monoisotopic (exact) mass is 213 g/mol.